The van der Waals surface area contributed by atoms with Gasteiger partial charge in [0.05, 0.1) is 18.2 Å². The number of carbonyl (C=O) groups is 2. The maximum absolute atomic E-state index is 13.1. The van der Waals surface area contributed by atoms with E-state index in [0.717, 1.165) is 48.6 Å². The third-order valence-corrected chi connectivity index (χ3v) is 6.20. The van der Waals surface area contributed by atoms with E-state index in [2.05, 4.69) is 19.5 Å². The topological polar surface area (TPSA) is 63.6 Å². The number of hydrogen-bond acceptors (Lipinski definition) is 4. The van der Waals surface area contributed by atoms with Crippen molar-refractivity contribution in [2.24, 2.45) is 0 Å². The summed E-state index contributed by atoms with van der Waals surface area (Å²) in [5.41, 5.74) is 2.21. The molecule has 2 aromatic carbocycles. The average molecular weight is 516 g/mol. The second kappa shape index (κ2) is 12.6. The minimum Gasteiger partial charge on any atom is -0.469 e. The van der Waals surface area contributed by atoms with Crippen LogP contribution in [-0.2, 0) is 22.3 Å². The van der Waals surface area contributed by atoms with Gasteiger partial charge in [-0.2, -0.15) is 13.2 Å². The van der Waals surface area contributed by atoms with Crippen molar-refractivity contribution in [2.75, 3.05) is 32.6 Å². The molecule has 9 heteroatoms. The fourth-order valence-electron chi connectivity index (χ4n) is 4.19. The van der Waals surface area contributed by atoms with Gasteiger partial charge in [-0.25, -0.2) is 0 Å². The van der Waals surface area contributed by atoms with Crippen LogP contribution in [0.2, 0.25) is 0 Å². The maximum Gasteiger partial charge on any atom is 0.416 e. The molecular weight excluding hydrogens is 483 g/mol. The van der Waals surface area contributed by atoms with Crippen LogP contribution < -0.4 is 5.32 Å². The Kier molecular flexibility index (Phi) is 9.52. The molecule has 0 atom stereocenters. The number of methoxy groups -OCH3 is 1. The Morgan fingerprint density at radius 1 is 1.00 bits per heavy atom. The summed E-state index contributed by atoms with van der Waals surface area (Å²) in [7, 11) is 3.37. The number of carbonyl (C=O) groups excluding carboxylic acids is 2. The molecule has 0 aliphatic heterocycles. The molecule has 0 saturated carbocycles. The Morgan fingerprint density at radius 2 is 1.70 bits per heavy atom. The number of anilines is 1. The standard InChI is InChI=1S/C28H32F3N3O3/c1-20-24(27(36)32-23-13-7-12-22(18-23)28(29,30)31)19-25(21-10-5-4-6-11-21)34(20)17-9-16-33(2)15-8-14-26(35)37-3/h4-7,10-13,18-19H,8-9,14-17H2,1-3H3,(H,32,36). The minimum atomic E-state index is -4.49. The largest absolute Gasteiger partial charge is 0.469 e. The molecule has 0 bridgehead atoms. The van der Waals surface area contributed by atoms with Gasteiger partial charge in [0.1, 0.15) is 0 Å². The maximum atomic E-state index is 13.1. The van der Waals surface area contributed by atoms with Crippen molar-refractivity contribution < 1.29 is 27.5 Å². The first-order valence-electron chi connectivity index (χ1n) is 12.1. The lowest BCUT2D eigenvalue weighted by Gasteiger charge is -2.18. The Balaban J connectivity index is 1.76. The van der Waals surface area contributed by atoms with E-state index in [-0.39, 0.29) is 11.7 Å². The zero-order valence-electron chi connectivity index (χ0n) is 21.3. The first-order chi connectivity index (χ1) is 17.6. The molecule has 1 aromatic heterocycles. The number of rotatable bonds is 11. The van der Waals surface area contributed by atoms with E-state index in [0.29, 0.717) is 24.9 Å². The molecule has 1 heterocycles. The molecule has 0 spiro atoms. The van der Waals surface area contributed by atoms with Crippen LogP contribution in [0.25, 0.3) is 11.3 Å². The van der Waals surface area contributed by atoms with E-state index in [4.69, 9.17) is 0 Å². The Bertz CT molecular complexity index is 1210. The molecule has 1 amide bonds. The van der Waals surface area contributed by atoms with Gasteiger partial charge in [0.25, 0.3) is 5.91 Å². The predicted octanol–water partition coefficient (Wildman–Crippen LogP) is 6.01. The quantitative estimate of drug-likeness (QED) is 0.318. The Morgan fingerprint density at radius 3 is 2.38 bits per heavy atom. The summed E-state index contributed by atoms with van der Waals surface area (Å²) in [6.07, 6.45) is -2.60. The lowest BCUT2D eigenvalue weighted by Crippen LogP contribution is -2.23. The average Bonchev–Trinajstić information content (AvgIpc) is 3.20. The van der Waals surface area contributed by atoms with Gasteiger partial charge in [0, 0.05) is 30.0 Å². The number of ether oxygens (including phenoxy) is 1. The van der Waals surface area contributed by atoms with Crippen molar-refractivity contribution in [3.8, 4) is 11.3 Å². The van der Waals surface area contributed by atoms with Gasteiger partial charge in [0.2, 0.25) is 0 Å². The molecule has 198 valence electrons. The fraction of sp³-hybridized carbons (Fsp3) is 0.357. The van der Waals surface area contributed by atoms with Crippen LogP contribution in [0.3, 0.4) is 0 Å². The highest BCUT2D eigenvalue weighted by atomic mass is 19.4. The van der Waals surface area contributed by atoms with Crippen molar-refractivity contribution in [3.63, 3.8) is 0 Å². The van der Waals surface area contributed by atoms with E-state index in [1.807, 2.05) is 44.3 Å². The summed E-state index contributed by atoms with van der Waals surface area (Å²) in [6.45, 7) is 4.04. The third-order valence-electron chi connectivity index (χ3n) is 6.20. The number of aromatic nitrogens is 1. The number of amides is 1. The van der Waals surface area contributed by atoms with Crippen LogP contribution in [0.4, 0.5) is 18.9 Å². The molecule has 0 radical (unpaired) electrons. The lowest BCUT2D eigenvalue weighted by molar-refractivity contribution is -0.141. The van der Waals surface area contributed by atoms with Crippen molar-refractivity contribution in [1.29, 1.82) is 0 Å². The number of halogens is 3. The first-order valence-corrected chi connectivity index (χ1v) is 12.1. The van der Waals surface area contributed by atoms with E-state index < -0.39 is 17.6 Å². The van der Waals surface area contributed by atoms with Crippen molar-refractivity contribution in [2.45, 2.75) is 38.9 Å². The highest BCUT2D eigenvalue weighted by molar-refractivity contribution is 6.06. The highest BCUT2D eigenvalue weighted by Crippen LogP contribution is 2.31. The number of nitrogens with zero attached hydrogens (tertiary/aromatic N) is 2. The summed E-state index contributed by atoms with van der Waals surface area (Å²) >= 11 is 0. The SMILES string of the molecule is COC(=O)CCCN(C)CCCn1c(-c2ccccc2)cc(C(=O)Nc2cccc(C(F)(F)F)c2)c1C. The van der Waals surface area contributed by atoms with Gasteiger partial charge in [-0.05, 0) is 69.7 Å². The van der Waals surface area contributed by atoms with E-state index in [1.54, 1.807) is 6.07 Å². The minimum absolute atomic E-state index is 0.0850. The summed E-state index contributed by atoms with van der Waals surface area (Å²) in [4.78, 5) is 26.6. The summed E-state index contributed by atoms with van der Waals surface area (Å²) in [5.74, 6) is -0.688. The van der Waals surface area contributed by atoms with Crippen LogP contribution in [0.15, 0.2) is 60.7 Å². The molecule has 0 saturated heterocycles. The van der Waals surface area contributed by atoms with E-state index in [1.165, 1.54) is 19.2 Å². The molecule has 3 rings (SSSR count). The Labute approximate surface area is 215 Å². The normalized spacial score (nSPS) is 11.5. The molecule has 0 aliphatic carbocycles. The second-order valence-electron chi connectivity index (χ2n) is 8.92. The molecule has 3 aromatic rings. The third kappa shape index (κ3) is 7.69. The van der Waals surface area contributed by atoms with E-state index >= 15 is 0 Å². The number of nitrogens with one attached hydrogen (secondary N) is 1. The van der Waals surface area contributed by atoms with Gasteiger partial charge in [-0.15, -0.1) is 0 Å². The number of hydrogen-bond donors (Lipinski definition) is 1. The van der Waals surface area contributed by atoms with E-state index in [9.17, 15) is 22.8 Å². The van der Waals surface area contributed by atoms with Crippen LogP contribution in [0.1, 0.15) is 40.9 Å². The van der Waals surface area contributed by atoms with Gasteiger partial charge in [0.15, 0.2) is 0 Å². The van der Waals surface area contributed by atoms with Crippen LogP contribution in [0, 0.1) is 6.92 Å². The summed E-state index contributed by atoms with van der Waals surface area (Å²) in [6, 6.07) is 16.1. The van der Waals surface area contributed by atoms with Crippen LogP contribution in [-0.4, -0.2) is 48.6 Å². The van der Waals surface area contributed by atoms with Crippen LogP contribution in [0.5, 0.6) is 0 Å². The lowest BCUT2D eigenvalue weighted by atomic mass is 10.1. The number of benzene rings is 2. The molecule has 0 fully saturated rings. The zero-order chi connectivity index (χ0) is 27.0. The zero-order valence-corrected chi connectivity index (χ0v) is 21.3. The fourth-order valence-corrected chi connectivity index (χ4v) is 4.19. The molecular formula is C28H32F3N3O3. The summed E-state index contributed by atoms with van der Waals surface area (Å²) < 4.78 is 46.0. The molecule has 37 heavy (non-hydrogen) atoms. The molecule has 0 unspecified atom stereocenters. The van der Waals surface area contributed by atoms with Crippen molar-refractivity contribution >= 4 is 17.6 Å². The van der Waals surface area contributed by atoms with Gasteiger partial charge >= 0.3 is 12.1 Å². The highest BCUT2D eigenvalue weighted by Gasteiger charge is 2.30. The smallest absolute Gasteiger partial charge is 0.416 e. The van der Waals surface area contributed by atoms with Crippen molar-refractivity contribution in [1.82, 2.24) is 9.47 Å². The molecule has 6 nitrogen and oxygen atoms in total. The molecule has 1 N–H and O–H groups in total. The number of alkyl halides is 3. The molecule has 0 aliphatic rings. The second-order valence-corrected chi connectivity index (χ2v) is 8.92. The summed E-state index contributed by atoms with van der Waals surface area (Å²) in [5, 5.41) is 2.62. The monoisotopic (exact) mass is 515 g/mol. The van der Waals surface area contributed by atoms with Crippen LogP contribution >= 0.6 is 0 Å². The number of esters is 1. The van der Waals surface area contributed by atoms with Gasteiger partial charge in [-0.3, -0.25) is 9.59 Å². The first kappa shape index (κ1) is 28.0. The van der Waals surface area contributed by atoms with Gasteiger partial charge in [-0.1, -0.05) is 36.4 Å². The predicted molar refractivity (Wildman–Crippen MR) is 137 cm³/mol. The van der Waals surface area contributed by atoms with Gasteiger partial charge < -0.3 is 19.5 Å². The van der Waals surface area contributed by atoms with Crippen molar-refractivity contribution in [3.05, 3.63) is 77.5 Å². The Hall–Kier alpha value is -3.59.